The lowest BCUT2D eigenvalue weighted by Gasteiger charge is -2.34. The highest BCUT2D eigenvalue weighted by Gasteiger charge is 2.39. The van der Waals surface area contributed by atoms with E-state index in [2.05, 4.69) is 5.32 Å². The van der Waals surface area contributed by atoms with Crippen LogP contribution >= 0.6 is 0 Å². The van der Waals surface area contributed by atoms with Crippen LogP contribution in [0, 0.1) is 5.41 Å². The third-order valence-corrected chi connectivity index (χ3v) is 3.01. The van der Waals surface area contributed by atoms with Gasteiger partial charge in [-0.05, 0) is 12.5 Å². The van der Waals surface area contributed by atoms with Crippen molar-refractivity contribution in [2.75, 3.05) is 13.6 Å². The van der Waals surface area contributed by atoms with E-state index in [9.17, 15) is 9.90 Å². The number of nitrogens with two attached hydrogens (primary N) is 1. The molecule has 4 N–H and O–H groups in total. The summed E-state index contributed by atoms with van der Waals surface area (Å²) in [4.78, 5) is 13.8. The number of likely N-dealkylation sites (tertiary alicyclic amines) is 1. The molecule has 0 aromatic heterocycles. The minimum atomic E-state index is -0.489. The molecule has 1 amide bonds. The van der Waals surface area contributed by atoms with E-state index < -0.39 is 6.10 Å². The first-order valence-electron chi connectivity index (χ1n) is 5.68. The molecule has 94 valence electrons. The molecule has 1 rings (SSSR count). The quantitative estimate of drug-likeness (QED) is 0.596. The number of nitrogens with zero attached hydrogens (tertiary/aromatic N) is 1. The molecule has 0 unspecified atom stereocenters. The van der Waals surface area contributed by atoms with E-state index in [0.717, 1.165) is 0 Å². The van der Waals surface area contributed by atoms with Crippen molar-refractivity contribution in [3.8, 4) is 0 Å². The Hall–Kier alpha value is -0.650. The highest BCUT2D eigenvalue weighted by molar-refractivity contribution is 5.83. The maximum absolute atomic E-state index is 12.3. The van der Waals surface area contributed by atoms with Crippen LogP contribution in [0.25, 0.3) is 0 Å². The number of nitrogens with one attached hydrogen (secondary N) is 1. The topological polar surface area (TPSA) is 78.6 Å². The van der Waals surface area contributed by atoms with Gasteiger partial charge in [-0.25, -0.2) is 0 Å². The maximum atomic E-state index is 12.3. The second-order valence-corrected chi connectivity index (χ2v) is 5.54. The molecule has 0 spiro atoms. The first-order chi connectivity index (χ1) is 7.27. The zero-order valence-electron chi connectivity index (χ0n) is 10.5. The Labute approximate surface area is 97.0 Å². The molecule has 16 heavy (non-hydrogen) atoms. The fourth-order valence-corrected chi connectivity index (χ4v) is 2.19. The normalized spacial score (nSPS) is 28.2. The van der Waals surface area contributed by atoms with Gasteiger partial charge < -0.3 is 21.1 Å². The molecule has 1 heterocycles. The standard InChI is InChI=1S/C11H23N3O2/c1-11(2,3)9(13-4)10(16)14-6-7(15)5-8(14)12/h7-9,13,15H,5-6,12H2,1-4H3/t7-,8+,9-/m1/s1. The number of aliphatic hydroxyl groups is 1. The minimum Gasteiger partial charge on any atom is -0.391 e. The van der Waals surface area contributed by atoms with Gasteiger partial charge in [-0.2, -0.15) is 0 Å². The number of hydrogen-bond acceptors (Lipinski definition) is 4. The third kappa shape index (κ3) is 2.72. The number of likely N-dealkylation sites (N-methyl/N-ethyl adjacent to an activating group) is 1. The zero-order chi connectivity index (χ0) is 12.5. The summed E-state index contributed by atoms with van der Waals surface area (Å²) in [6, 6.07) is -0.274. The van der Waals surface area contributed by atoms with Crippen molar-refractivity contribution in [3.05, 3.63) is 0 Å². The number of β-amino-alcohol motifs (C(OH)–C–C–N with tert-alkyl or cyclic N) is 1. The van der Waals surface area contributed by atoms with Gasteiger partial charge in [0.1, 0.15) is 0 Å². The molecule has 1 aliphatic heterocycles. The van der Waals surface area contributed by atoms with Crippen LogP contribution in [-0.2, 0) is 4.79 Å². The highest BCUT2D eigenvalue weighted by atomic mass is 16.3. The van der Waals surface area contributed by atoms with Crippen LogP contribution in [-0.4, -0.2) is 47.8 Å². The van der Waals surface area contributed by atoms with E-state index >= 15 is 0 Å². The van der Waals surface area contributed by atoms with E-state index in [4.69, 9.17) is 5.73 Å². The van der Waals surface area contributed by atoms with Crippen LogP contribution in [0.1, 0.15) is 27.2 Å². The van der Waals surface area contributed by atoms with Crippen LogP contribution in [0.5, 0.6) is 0 Å². The Balaban J connectivity index is 2.76. The van der Waals surface area contributed by atoms with Crippen molar-refractivity contribution in [1.29, 1.82) is 0 Å². The summed E-state index contributed by atoms with van der Waals surface area (Å²) in [6.45, 7) is 6.35. The molecule has 3 atom stereocenters. The molecular formula is C11H23N3O2. The van der Waals surface area contributed by atoms with Gasteiger partial charge in [0.25, 0.3) is 0 Å². The van der Waals surface area contributed by atoms with Crippen molar-refractivity contribution < 1.29 is 9.90 Å². The van der Waals surface area contributed by atoms with Gasteiger partial charge in [0.05, 0.1) is 18.3 Å². The predicted octanol–water partition coefficient (Wildman–Crippen LogP) is -0.501. The Morgan fingerprint density at radius 3 is 2.44 bits per heavy atom. The van der Waals surface area contributed by atoms with Gasteiger partial charge in [0.2, 0.25) is 5.91 Å². The number of carbonyl (C=O) groups excluding carboxylic acids is 1. The Kier molecular flexibility index (Phi) is 3.93. The molecule has 1 fully saturated rings. The fourth-order valence-electron chi connectivity index (χ4n) is 2.19. The summed E-state index contributed by atoms with van der Waals surface area (Å²) in [5, 5.41) is 12.5. The highest BCUT2D eigenvalue weighted by Crippen LogP contribution is 2.23. The third-order valence-electron chi connectivity index (χ3n) is 3.01. The smallest absolute Gasteiger partial charge is 0.241 e. The monoisotopic (exact) mass is 229 g/mol. The van der Waals surface area contributed by atoms with E-state index in [1.54, 1.807) is 11.9 Å². The number of aliphatic hydroxyl groups excluding tert-OH is 1. The molecule has 1 aliphatic rings. The summed E-state index contributed by atoms with van der Waals surface area (Å²) in [7, 11) is 1.77. The molecule has 1 saturated heterocycles. The van der Waals surface area contributed by atoms with Crippen LogP contribution in [0.2, 0.25) is 0 Å². The second-order valence-electron chi connectivity index (χ2n) is 5.54. The van der Waals surface area contributed by atoms with E-state index in [0.29, 0.717) is 13.0 Å². The lowest BCUT2D eigenvalue weighted by atomic mass is 9.86. The number of rotatable bonds is 2. The van der Waals surface area contributed by atoms with Crippen LogP contribution in [0.3, 0.4) is 0 Å². The van der Waals surface area contributed by atoms with Crippen molar-refractivity contribution >= 4 is 5.91 Å². The zero-order valence-corrected chi connectivity index (χ0v) is 10.5. The summed E-state index contributed by atoms with van der Waals surface area (Å²) >= 11 is 0. The molecule has 0 aromatic carbocycles. The summed E-state index contributed by atoms with van der Waals surface area (Å²) < 4.78 is 0. The number of carbonyl (C=O) groups is 1. The van der Waals surface area contributed by atoms with Gasteiger partial charge in [-0.15, -0.1) is 0 Å². The van der Waals surface area contributed by atoms with Crippen molar-refractivity contribution in [2.45, 2.75) is 45.5 Å². The van der Waals surface area contributed by atoms with Crippen molar-refractivity contribution in [1.82, 2.24) is 10.2 Å². The molecule has 5 nitrogen and oxygen atoms in total. The average molecular weight is 229 g/mol. The Bertz CT molecular complexity index is 262. The predicted molar refractivity (Wildman–Crippen MR) is 62.6 cm³/mol. The van der Waals surface area contributed by atoms with Crippen molar-refractivity contribution in [2.24, 2.45) is 11.1 Å². The molecule has 0 saturated carbocycles. The van der Waals surface area contributed by atoms with E-state index in [-0.39, 0.29) is 23.5 Å². The van der Waals surface area contributed by atoms with Gasteiger partial charge in [-0.3, -0.25) is 4.79 Å². The molecule has 0 radical (unpaired) electrons. The average Bonchev–Trinajstić information content (AvgIpc) is 2.43. The fraction of sp³-hybridized carbons (Fsp3) is 0.909. The number of hydrogen-bond donors (Lipinski definition) is 3. The Morgan fingerprint density at radius 2 is 2.12 bits per heavy atom. The van der Waals surface area contributed by atoms with Crippen LogP contribution in [0.4, 0.5) is 0 Å². The first-order valence-corrected chi connectivity index (χ1v) is 5.68. The first kappa shape index (κ1) is 13.4. The molecule has 0 bridgehead atoms. The molecule has 0 aliphatic carbocycles. The molecule has 5 heteroatoms. The van der Waals surface area contributed by atoms with Gasteiger partial charge >= 0.3 is 0 Å². The van der Waals surface area contributed by atoms with Gasteiger partial charge in [-0.1, -0.05) is 20.8 Å². The van der Waals surface area contributed by atoms with Gasteiger partial charge in [0, 0.05) is 13.0 Å². The second kappa shape index (κ2) is 4.69. The minimum absolute atomic E-state index is 0.0287. The largest absolute Gasteiger partial charge is 0.391 e. The van der Waals surface area contributed by atoms with Gasteiger partial charge in [0.15, 0.2) is 0 Å². The lowest BCUT2D eigenvalue weighted by Crippen LogP contribution is -2.54. The maximum Gasteiger partial charge on any atom is 0.241 e. The summed E-state index contributed by atoms with van der Waals surface area (Å²) in [5.41, 5.74) is 5.66. The van der Waals surface area contributed by atoms with E-state index in [1.807, 2.05) is 20.8 Å². The SMILES string of the molecule is CN[C@H](C(=O)N1C[C@H](O)C[C@H]1N)C(C)(C)C. The van der Waals surface area contributed by atoms with E-state index in [1.165, 1.54) is 0 Å². The molecular weight excluding hydrogens is 206 g/mol. The lowest BCUT2D eigenvalue weighted by molar-refractivity contribution is -0.137. The van der Waals surface area contributed by atoms with Crippen molar-refractivity contribution in [3.63, 3.8) is 0 Å². The van der Waals surface area contributed by atoms with Crippen LogP contribution in [0.15, 0.2) is 0 Å². The molecule has 0 aromatic rings. The summed E-state index contributed by atoms with van der Waals surface area (Å²) in [6.07, 6.45) is -0.385. The number of amides is 1. The summed E-state index contributed by atoms with van der Waals surface area (Å²) in [5.74, 6) is -0.0287. The Morgan fingerprint density at radius 1 is 1.56 bits per heavy atom. The van der Waals surface area contributed by atoms with Crippen LogP contribution < -0.4 is 11.1 Å².